The fourth-order valence-corrected chi connectivity index (χ4v) is 2.87. The third-order valence-corrected chi connectivity index (χ3v) is 4.06. The van der Waals surface area contributed by atoms with Gasteiger partial charge in [-0.25, -0.2) is 0 Å². The van der Waals surface area contributed by atoms with E-state index < -0.39 is 0 Å². The summed E-state index contributed by atoms with van der Waals surface area (Å²) < 4.78 is 5.22. The molecule has 0 saturated heterocycles. The van der Waals surface area contributed by atoms with Crippen molar-refractivity contribution in [2.45, 2.75) is 13.0 Å². The molecule has 0 N–H and O–H groups in total. The van der Waals surface area contributed by atoms with Crippen molar-refractivity contribution in [3.05, 3.63) is 59.1 Å². The van der Waals surface area contributed by atoms with E-state index in [9.17, 15) is 0 Å². The molecule has 2 atom stereocenters. The quantitative estimate of drug-likeness (QED) is 0.832. The van der Waals surface area contributed by atoms with E-state index in [0.717, 1.165) is 11.4 Å². The Bertz CT molecular complexity index is 654. The molecule has 0 aliphatic carbocycles. The van der Waals surface area contributed by atoms with Crippen molar-refractivity contribution < 1.29 is 4.74 Å². The molecule has 1 aliphatic heterocycles. The van der Waals surface area contributed by atoms with E-state index in [0.29, 0.717) is 10.9 Å². The molecule has 0 spiro atoms. The first kappa shape index (κ1) is 14.0. The van der Waals surface area contributed by atoms with Gasteiger partial charge in [0.1, 0.15) is 5.75 Å². The number of rotatable bonds is 3. The molecule has 3 rings (SSSR count). The fraction of sp³-hybridized carbons (Fsp3) is 0.235. The fourth-order valence-electron chi connectivity index (χ4n) is 2.65. The summed E-state index contributed by atoms with van der Waals surface area (Å²) in [6, 6.07) is 16.1. The molecule has 0 radical (unpaired) electrons. The molecule has 2 aromatic rings. The van der Waals surface area contributed by atoms with Gasteiger partial charge in [0.05, 0.1) is 23.9 Å². The van der Waals surface area contributed by atoms with Crippen LogP contribution in [0.1, 0.15) is 18.5 Å². The Balaban J connectivity index is 1.97. The summed E-state index contributed by atoms with van der Waals surface area (Å²) in [5, 5.41) is 7.25. The standard InChI is InChI=1S/C17H17ClN2O/c1-12-11-19-20(16-6-4-3-5-15(16)18)17(12)13-7-9-14(21-2)10-8-13/h3-12,17H,1-2H3. The van der Waals surface area contributed by atoms with Gasteiger partial charge in [-0.1, -0.05) is 42.8 Å². The molecular weight excluding hydrogens is 284 g/mol. The van der Waals surface area contributed by atoms with Crippen LogP contribution in [0.2, 0.25) is 5.02 Å². The second-order valence-corrected chi connectivity index (χ2v) is 5.54. The summed E-state index contributed by atoms with van der Waals surface area (Å²) in [4.78, 5) is 0. The molecule has 0 amide bonds. The average molecular weight is 301 g/mol. The Morgan fingerprint density at radius 2 is 1.81 bits per heavy atom. The third-order valence-electron chi connectivity index (χ3n) is 3.74. The number of para-hydroxylation sites is 1. The Hall–Kier alpha value is -2.00. The minimum absolute atomic E-state index is 0.149. The second kappa shape index (κ2) is 5.78. The van der Waals surface area contributed by atoms with Crippen molar-refractivity contribution >= 4 is 23.5 Å². The van der Waals surface area contributed by atoms with Crippen LogP contribution >= 0.6 is 11.6 Å². The number of hydrazone groups is 1. The summed E-state index contributed by atoms with van der Waals surface area (Å²) in [6.07, 6.45) is 1.97. The van der Waals surface area contributed by atoms with Crippen molar-refractivity contribution in [2.75, 3.05) is 12.1 Å². The van der Waals surface area contributed by atoms with Gasteiger partial charge in [0.2, 0.25) is 0 Å². The second-order valence-electron chi connectivity index (χ2n) is 5.14. The minimum Gasteiger partial charge on any atom is -0.497 e. The Morgan fingerprint density at radius 1 is 1.10 bits per heavy atom. The molecule has 1 heterocycles. The molecule has 0 fully saturated rings. The average Bonchev–Trinajstić information content (AvgIpc) is 2.89. The van der Waals surface area contributed by atoms with Gasteiger partial charge in [-0.3, -0.25) is 5.01 Å². The maximum absolute atomic E-state index is 6.32. The van der Waals surface area contributed by atoms with Crippen LogP contribution in [0.5, 0.6) is 5.75 Å². The maximum Gasteiger partial charge on any atom is 0.118 e. The first-order chi connectivity index (χ1) is 10.2. The number of hydrogen-bond donors (Lipinski definition) is 0. The van der Waals surface area contributed by atoms with Crippen LogP contribution in [0.4, 0.5) is 5.69 Å². The zero-order chi connectivity index (χ0) is 14.8. The van der Waals surface area contributed by atoms with E-state index in [1.807, 2.05) is 47.6 Å². The number of ether oxygens (including phenoxy) is 1. The molecule has 0 saturated carbocycles. The first-order valence-corrected chi connectivity index (χ1v) is 7.30. The van der Waals surface area contributed by atoms with E-state index in [-0.39, 0.29) is 6.04 Å². The van der Waals surface area contributed by atoms with Crippen molar-refractivity contribution in [3.8, 4) is 5.75 Å². The normalized spacial score (nSPS) is 20.8. The van der Waals surface area contributed by atoms with E-state index in [1.165, 1.54) is 5.56 Å². The molecule has 0 bridgehead atoms. The van der Waals surface area contributed by atoms with Crippen LogP contribution in [0.3, 0.4) is 0 Å². The highest BCUT2D eigenvalue weighted by molar-refractivity contribution is 6.33. The Kier molecular flexibility index (Phi) is 3.84. The van der Waals surface area contributed by atoms with Crippen LogP contribution < -0.4 is 9.75 Å². The van der Waals surface area contributed by atoms with Crippen LogP contribution in [0, 0.1) is 5.92 Å². The van der Waals surface area contributed by atoms with Gasteiger partial charge in [0, 0.05) is 12.1 Å². The Labute approximate surface area is 129 Å². The van der Waals surface area contributed by atoms with Crippen LogP contribution in [-0.2, 0) is 0 Å². The lowest BCUT2D eigenvalue weighted by atomic mass is 9.95. The van der Waals surface area contributed by atoms with Crippen molar-refractivity contribution in [1.29, 1.82) is 0 Å². The van der Waals surface area contributed by atoms with E-state index in [4.69, 9.17) is 16.3 Å². The predicted octanol–water partition coefficient (Wildman–Crippen LogP) is 4.53. The summed E-state index contributed by atoms with van der Waals surface area (Å²) in [5.41, 5.74) is 2.13. The van der Waals surface area contributed by atoms with Gasteiger partial charge in [-0.15, -0.1) is 0 Å². The number of nitrogens with zero attached hydrogens (tertiary/aromatic N) is 2. The summed E-state index contributed by atoms with van der Waals surface area (Å²) in [7, 11) is 1.67. The van der Waals surface area contributed by atoms with E-state index in [2.05, 4.69) is 24.2 Å². The summed E-state index contributed by atoms with van der Waals surface area (Å²) in [5.74, 6) is 1.17. The lowest BCUT2D eigenvalue weighted by Crippen LogP contribution is -2.23. The summed E-state index contributed by atoms with van der Waals surface area (Å²) >= 11 is 6.32. The molecule has 3 nitrogen and oxygen atoms in total. The number of halogens is 1. The van der Waals surface area contributed by atoms with Crippen LogP contribution in [0.25, 0.3) is 0 Å². The zero-order valence-electron chi connectivity index (χ0n) is 12.0. The lowest BCUT2D eigenvalue weighted by molar-refractivity contribution is 0.414. The number of benzene rings is 2. The van der Waals surface area contributed by atoms with Crippen molar-refractivity contribution in [2.24, 2.45) is 11.0 Å². The summed E-state index contributed by atoms with van der Waals surface area (Å²) in [6.45, 7) is 2.16. The number of hydrogen-bond acceptors (Lipinski definition) is 3. The molecule has 0 aromatic heterocycles. The highest BCUT2D eigenvalue weighted by Crippen LogP contribution is 2.39. The van der Waals surface area contributed by atoms with Gasteiger partial charge < -0.3 is 4.74 Å². The van der Waals surface area contributed by atoms with E-state index >= 15 is 0 Å². The number of anilines is 1. The van der Waals surface area contributed by atoms with Gasteiger partial charge >= 0.3 is 0 Å². The monoisotopic (exact) mass is 300 g/mol. The molecule has 108 valence electrons. The van der Waals surface area contributed by atoms with Gasteiger partial charge in [-0.05, 0) is 29.8 Å². The maximum atomic E-state index is 6.32. The smallest absolute Gasteiger partial charge is 0.118 e. The van der Waals surface area contributed by atoms with E-state index in [1.54, 1.807) is 7.11 Å². The highest BCUT2D eigenvalue weighted by Gasteiger charge is 2.31. The Morgan fingerprint density at radius 3 is 2.48 bits per heavy atom. The first-order valence-electron chi connectivity index (χ1n) is 6.92. The number of methoxy groups -OCH3 is 1. The minimum atomic E-state index is 0.149. The lowest BCUT2D eigenvalue weighted by Gasteiger charge is -2.27. The topological polar surface area (TPSA) is 24.8 Å². The van der Waals surface area contributed by atoms with Gasteiger partial charge in [-0.2, -0.15) is 5.10 Å². The molecule has 4 heteroatoms. The highest BCUT2D eigenvalue weighted by atomic mass is 35.5. The molecular formula is C17H17ClN2O. The molecule has 1 aliphatic rings. The largest absolute Gasteiger partial charge is 0.497 e. The zero-order valence-corrected chi connectivity index (χ0v) is 12.8. The van der Waals surface area contributed by atoms with Gasteiger partial charge in [0.25, 0.3) is 0 Å². The van der Waals surface area contributed by atoms with Crippen molar-refractivity contribution in [1.82, 2.24) is 0 Å². The predicted molar refractivity (Wildman–Crippen MR) is 87.3 cm³/mol. The van der Waals surface area contributed by atoms with Crippen LogP contribution in [0.15, 0.2) is 53.6 Å². The third kappa shape index (κ3) is 2.61. The molecule has 21 heavy (non-hydrogen) atoms. The van der Waals surface area contributed by atoms with Crippen molar-refractivity contribution in [3.63, 3.8) is 0 Å². The van der Waals surface area contributed by atoms with Crippen LogP contribution in [-0.4, -0.2) is 13.3 Å². The molecule has 2 unspecified atom stereocenters. The van der Waals surface area contributed by atoms with Gasteiger partial charge in [0.15, 0.2) is 0 Å². The SMILES string of the molecule is COc1ccc(C2C(C)C=NN2c2ccccc2Cl)cc1. The molecule has 2 aromatic carbocycles.